The van der Waals surface area contributed by atoms with Crippen LogP contribution in [0.25, 0.3) is 0 Å². The van der Waals surface area contributed by atoms with E-state index >= 15 is 0 Å². The Kier molecular flexibility index (Phi) is 3.18. The van der Waals surface area contributed by atoms with E-state index in [9.17, 15) is 0 Å². The largest absolute Gasteiger partial charge is 0.302 e. The highest BCUT2D eigenvalue weighted by Crippen LogP contribution is 2.18. The first-order valence-electron chi connectivity index (χ1n) is 4.39. The number of hydrogen-bond acceptors (Lipinski definition) is 4. The Hall–Kier alpha value is -0.840. The van der Waals surface area contributed by atoms with E-state index in [0.29, 0.717) is 0 Å². The van der Waals surface area contributed by atoms with Gasteiger partial charge in [-0.15, -0.1) is 22.7 Å². The summed E-state index contributed by atoms with van der Waals surface area (Å²) in [5.41, 5.74) is 3.34. The normalized spacial score (nSPS) is 10.4. The molecule has 0 radical (unpaired) electrons. The number of thiophene rings is 2. The average Bonchev–Trinajstić information content (AvgIpc) is 2.87. The van der Waals surface area contributed by atoms with Crippen LogP contribution in [0.15, 0.2) is 35.0 Å². The van der Waals surface area contributed by atoms with Crippen molar-refractivity contribution in [3.63, 3.8) is 0 Å². The summed E-state index contributed by atoms with van der Waals surface area (Å²) in [6, 6.07) is 8.38. The van der Waals surface area contributed by atoms with Gasteiger partial charge < -0.3 is 5.01 Å². The van der Waals surface area contributed by atoms with Crippen molar-refractivity contribution < 1.29 is 0 Å². The van der Waals surface area contributed by atoms with E-state index in [1.54, 1.807) is 22.7 Å². The van der Waals surface area contributed by atoms with Gasteiger partial charge in [0.25, 0.3) is 0 Å². The summed E-state index contributed by atoms with van der Waals surface area (Å²) in [5.74, 6) is 0. The predicted octanol–water partition coefficient (Wildman–Crippen LogP) is 2.95. The molecular weight excluding hydrogens is 212 g/mol. The molecule has 1 N–H and O–H groups in total. The molecule has 2 nitrogen and oxygen atoms in total. The Morgan fingerprint density at radius 1 is 1.21 bits per heavy atom. The lowest BCUT2D eigenvalue weighted by Crippen LogP contribution is -2.32. The molecule has 0 bridgehead atoms. The Balaban J connectivity index is 1.87. The van der Waals surface area contributed by atoms with Gasteiger partial charge in [-0.2, -0.15) is 0 Å². The molecule has 0 aliphatic heterocycles. The van der Waals surface area contributed by atoms with Crippen LogP contribution in [0.3, 0.4) is 0 Å². The standard InChI is InChI=1S/C10H12N2S2/c1-12(10-5-3-7-14-10)11-8-9-4-2-6-13-9/h2-7,11H,8H2,1H3. The van der Waals surface area contributed by atoms with Gasteiger partial charge >= 0.3 is 0 Å². The maximum absolute atomic E-state index is 3.34. The van der Waals surface area contributed by atoms with Gasteiger partial charge in [-0.1, -0.05) is 6.07 Å². The fraction of sp³-hybridized carbons (Fsp3) is 0.200. The summed E-state index contributed by atoms with van der Waals surface area (Å²) in [4.78, 5) is 1.36. The molecule has 2 aromatic heterocycles. The van der Waals surface area contributed by atoms with Gasteiger partial charge in [-0.05, 0) is 29.0 Å². The lowest BCUT2D eigenvalue weighted by atomic mass is 10.5. The molecule has 0 atom stereocenters. The molecule has 0 fully saturated rings. The molecule has 2 heterocycles. The third kappa shape index (κ3) is 2.35. The van der Waals surface area contributed by atoms with Crippen molar-refractivity contribution in [1.29, 1.82) is 0 Å². The summed E-state index contributed by atoms with van der Waals surface area (Å²) in [6.45, 7) is 0.895. The highest BCUT2D eigenvalue weighted by molar-refractivity contribution is 7.14. The van der Waals surface area contributed by atoms with Crippen LogP contribution in [-0.4, -0.2) is 7.05 Å². The summed E-state index contributed by atoms with van der Waals surface area (Å²) in [6.07, 6.45) is 0. The Morgan fingerprint density at radius 2 is 2.00 bits per heavy atom. The summed E-state index contributed by atoms with van der Waals surface area (Å²) in [7, 11) is 2.04. The molecule has 0 spiro atoms. The third-order valence-electron chi connectivity index (χ3n) is 1.91. The maximum atomic E-state index is 3.34. The third-order valence-corrected chi connectivity index (χ3v) is 3.73. The predicted molar refractivity (Wildman–Crippen MR) is 63.9 cm³/mol. The van der Waals surface area contributed by atoms with Crippen molar-refractivity contribution in [2.45, 2.75) is 6.54 Å². The van der Waals surface area contributed by atoms with Gasteiger partial charge in [0.2, 0.25) is 0 Å². The number of anilines is 1. The van der Waals surface area contributed by atoms with Crippen molar-refractivity contribution in [2.24, 2.45) is 0 Å². The van der Waals surface area contributed by atoms with E-state index in [1.165, 1.54) is 9.88 Å². The first-order chi connectivity index (χ1) is 6.86. The lowest BCUT2D eigenvalue weighted by Gasteiger charge is -2.17. The number of rotatable bonds is 4. The molecule has 0 aliphatic rings. The van der Waals surface area contributed by atoms with Crippen LogP contribution >= 0.6 is 22.7 Å². The van der Waals surface area contributed by atoms with E-state index in [2.05, 4.69) is 45.5 Å². The van der Waals surface area contributed by atoms with Crippen LogP contribution < -0.4 is 10.4 Å². The van der Waals surface area contributed by atoms with Crippen molar-refractivity contribution in [3.05, 3.63) is 39.9 Å². The summed E-state index contributed by atoms with van der Waals surface area (Å²) >= 11 is 3.51. The van der Waals surface area contributed by atoms with Crippen molar-refractivity contribution in [2.75, 3.05) is 12.1 Å². The van der Waals surface area contributed by atoms with Gasteiger partial charge in [0.05, 0.1) is 0 Å². The van der Waals surface area contributed by atoms with Crippen LogP contribution in [0.4, 0.5) is 5.00 Å². The van der Waals surface area contributed by atoms with Gasteiger partial charge in [-0.3, -0.25) is 0 Å². The number of hydrogen-bond donors (Lipinski definition) is 1. The van der Waals surface area contributed by atoms with Crippen molar-refractivity contribution in [1.82, 2.24) is 5.43 Å². The number of nitrogens with zero attached hydrogens (tertiary/aromatic N) is 1. The van der Waals surface area contributed by atoms with E-state index in [0.717, 1.165) is 6.54 Å². The van der Waals surface area contributed by atoms with E-state index in [1.807, 2.05) is 7.05 Å². The first kappa shape index (κ1) is 9.71. The minimum Gasteiger partial charge on any atom is -0.302 e. The second-order valence-electron chi connectivity index (χ2n) is 2.92. The maximum Gasteiger partial charge on any atom is 0.105 e. The van der Waals surface area contributed by atoms with Gasteiger partial charge in [0, 0.05) is 18.5 Å². The molecule has 2 rings (SSSR count). The minimum atomic E-state index is 0.895. The van der Waals surface area contributed by atoms with Crippen LogP contribution in [0, 0.1) is 0 Å². The van der Waals surface area contributed by atoms with Crippen LogP contribution in [0.1, 0.15) is 4.88 Å². The van der Waals surface area contributed by atoms with Crippen LogP contribution in [-0.2, 0) is 6.54 Å². The molecule has 2 aromatic rings. The molecule has 0 saturated heterocycles. The van der Waals surface area contributed by atoms with Crippen molar-refractivity contribution in [3.8, 4) is 0 Å². The van der Waals surface area contributed by atoms with E-state index < -0.39 is 0 Å². The van der Waals surface area contributed by atoms with E-state index in [-0.39, 0.29) is 0 Å². The average molecular weight is 224 g/mol. The zero-order valence-corrected chi connectivity index (χ0v) is 9.57. The topological polar surface area (TPSA) is 15.3 Å². The second-order valence-corrected chi connectivity index (χ2v) is 4.88. The zero-order chi connectivity index (χ0) is 9.80. The quantitative estimate of drug-likeness (QED) is 0.803. The number of hydrazine groups is 1. The molecule has 0 unspecified atom stereocenters. The first-order valence-corrected chi connectivity index (χ1v) is 6.15. The van der Waals surface area contributed by atoms with E-state index in [4.69, 9.17) is 0 Å². The fourth-order valence-corrected chi connectivity index (χ4v) is 2.46. The van der Waals surface area contributed by atoms with Crippen LogP contribution in [0.2, 0.25) is 0 Å². The molecular formula is C10H12N2S2. The molecule has 74 valence electrons. The van der Waals surface area contributed by atoms with Crippen LogP contribution in [0.5, 0.6) is 0 Å². The zero-order valence-electron chi connectivity index (χ0n) is 7.93. The minimum absolute atomic E-state index is 0.895. The van der Waals surface area contributed by atoms with Gasteiger partial charge in [0.15, 0.2) is 0 Å². The highest BCUT2D eigenvalue weighted by Gasteiger charge is 2.00. The monoisotopic (exact) mass is 224 g/mol. The smallest absolute Gasteiger partial charge is 0.105 e. The molecule has 0 amide bonds. The van der Waals surface area contributed by atoms with Gasteiger partial charge in [-0.25, -0.2) is 5.43 Å². The highest BCUT2D eigenvalue weighted by atomic mass is 32.1. The fourth-order valence-electron chi connectivity index (χ4n) is 1.15. The Labute approximate surface area is 91.8 Å². The summed E-state index contributed by atoms with van der Waals surface area (Å²) < 4.78 is 0. The summed E-state index contributed by atoms with van der Waals surface area (Å²) in [5, 5.41) is 7.48. The molecule has 4 heteroatoms. The molecule has 0 aliphatic carbocycles. The Morgan fingerprint density at radius 3 is 2.64 bits per heavy atom. The molecule has 14 heavy (non-hydrogen) atoms. The second kappa shape index (κ2) is 4.59. The van der Waals surface area contributed by atoms with Crippen molar-refractivity contribution >= 4 is 27.7 Å². The molecule has 0 saturated carbocycles. The molecule has 0 aromatic carbocycles. The Bertz CT molecular complexity index is 353. The number of nitrogens with one attached hydrogen (secondary N) is 1. The SMILES string of the molecule is CN(NCc1cccs1)c1cccs1. The lowest BCUT2D eigenvalue weighted by molar-refractivity contribution is 0.690. The van der Waals surface area contributed by atoms with Gasteiger partial charge in [0.1, 0.15) is 5.00 Å².